The standard InChI is InChI=1S/C20H18N4O4/c25-19(22-9-1-2-10-22)15-5-3-14(4-6-15)12-23-13-21-18-8-7-16(24(27)28)11-17(18)20(23)26/h3-8,11,13H,1-2,9-10,12H2. The molecule has 3 aromatic rings. The van der Waals surface area contributed by atoms with Gasteiger partial charge in [0.15, 0.2) is 0 Å². The number of fused-ring (bicyclic) bond motifs is 1. The van der Waals surface area contributed by atoms with Crippen LogP contribution in [0.1, 0.15) is 28.8 Å². The van der Waals surface area contributed by atoms with Crippen molar-refractivity contribution in [3.63, 3.8) is 0 Å². The normalized spacial score (nSPS) is 13.8. The summed E-state index contributed by atoms with van der Waals surface area (Å²) in [5.41, 5.74) is 1.40. The lowest BCUT2D eigenvalue weighted by Crippen LogP contribution is -2.27. The zero-order chi connectivity index (χ0) is 19.7. The Kier molecular flexibility index (Phi) is 4.60. The summed E-state index contributed by atoms with van der Waals surface area (Å²) in [7, 11) is 0. The van der Waals surface area contributed by atoms with Gasteiger partial charge in [0, 0.05) is 30.8 Å². The monoisotopic (exact) mass is 378 g/mol. The van der Waals surface area contributed by atoms with Gasteiger partial charge in [0.2, 0.25) is 0 Å². The van der Waals surface area contributed by atoms with Crippen LogP contribution in [0.5, 0.6) is 0 Å². The maximum absolute atomic E-state index is 12.7. The highest BCUT2D eigenvalue weighted by molar-refractivity contribution is 5.94. The first-order valence-corrected chi connectivity index (χ1v) is 9.05. The van der Waals surface area contributed by atoms with E-state index in [9.17, 15) is 19.7 Å². The number of likely N-dealkylation sites (tertiary alicyclic amines) is 1. The summed E-state index contributed by atoms with van der Waals surface area (Å²) in [6, 6.07) is 11.2. The fourth-order valence-electron chi connectivity index (χ4n) is 3.43. The number of non-ortho nitro benzene ring substituents is 1. The summed E-state index contributed by atoms with van der Waals surface area (Å²) in [5.74, 6) is 0.0286. The van der Waals surface area contributed by atoms with E-state index in [1.54, 1.807) is 12.1 Å². The molecule has 2 heterocycles. The quantitative estimate of drug-likeness (QED) is 0.513. The average molecular weight is 378 g/mol. The molecule has 0 atom stereocenters. The first-order valence-electron chi connectivity index (χ1n) is 9.05. The zero-order valence-electron chi connectivity index (χ0n) is 15.1. The second-order valence-corrected chi connectivity index (χ2v) is 6.83. The summed E-state index contributed by atoms with van der Waals surface area (Å²) in [4.78, 5) is 41.6. The van der Waals surface area contributed by atoms with Crippen molar-refractivity contribution in [2.45, 2.75) is 19.4 Å². The number of carbonyl (C=O) groups excluding carboxylic acids is 1. The van der Waals surface area contributed by atoms with E-state index in [0.29, 0.717) is 11.1 Å². The number of rotatable bonds is 4. The molecule has 142 valence electrons. The Morgan fingerprint density at radius 2 is 1.82 bits per heavy atom. The van der Waals surface area contributed by atoms with Gasteiger partial charge in [0.05, 0.1) is 28.7 Å². The van der Waals surface area contributed by atoms with Crippen LogP contribution >= 0.6 is 0 Å². The van der Waals surface area contributed by atoms with Crippen LogP contribution < -0.4 is 5.56 Å². The molecule has 0 aliphatic carbocycles. The lowest BCUT2D eigenvalue weighted by Gasteiger charge is -2.15. The van der Waals surface area contributed by atoms with E-state index in [1.165, 1.54) is 29.1 Å². The van der Waals surface area contributed by atoms with Gasteiger partial charge in [-0.15, -0.1) is 0 Å². The Bertz CT molecular complexity index is 1120. The molecule has 8 heteroatoms. The van der Waals surface area contributed by atoms with E-state index < -0.39 is 4.92 Å². The number of aromatic nitrogens is 2. The molecule has 8 nitrogen and oxygen atoms in total. The van der Waals surface area contributed by atoms with Gasteiger partial charge in [0.1, 0.15) is 0 Å². The number of carbonyl (C=O) groups is 1. The van der Waals surface area contributed by atoms with Crippen LogP contribution in [0, 0.1) is 10.1 Å². The van der Waals surface area contributed by atoms with Crippen molar-refractivity contribution in [1.29, 1.82) is 0 Å². The Balaban J connectivity index is 1.59. The maximum Gasteiger partial charge on any atom is 0.270 e. The molecule has 0 bridgehead atoms. The van der Waals surface area contributed by atoms with Gasteiger partial charge in [-0.05, 0) is 36.6 Å². The fraction of sp³-hybridized carbons (Fsp3) is 0.250. The van der Waals surface area contributed by atoms with Gasteiger partial charge in [-0.3, -0.25) is 24.3 Å². The van der Waals surface area contributed by atoms with Crippen molar-refractivity contribution in [2.24, 2.45) is 0 Å². The molecule has 0 unspecified atom stereocenters. The van der Waals surface area contributed by atoms with Crippen LogP contribution in [-0.4, -0.2) is 38.4 Å². The van der Waals surface area contributed by atoms with Crippen LogP contribution in [0.2, 0.25) is 0 Å². The topological polar surface area (TPSA) is 98.3 Å². The van der Waals surface area contributed by atoms with E-state index >= 15 is 0 Å². The lowest BCUT2D eigenvalue weighted by atomic mass is 10.1. The summed E-state index contributed by atoms with van der Waals surface area (Å²) >= 11 is 0. The lowest BCUT2D eigenvalue weighted by molar-refractivity contribution is -0.384. The summed E-state index contributed by atoms with van der Waals surface area (Å²) < 4.78 is 1.41. The molecule has 0 spiro atoms. The van der Waals surface area contributed by atoms with Crippen LogP contribution in [0.4, 0.5) is 5.69 Å². The molecule has 28 heavy (non-hydrogen) atoms. The number of nitro groups is 1. The molecule has 2 aromatic carbocycles. The van der Waals surface area contributed by atoms with Gasteiger partial charge in [-0.1, -0.05) is 12.1 Å². The number of hydrogen-bond donors (Lipinski definition) is 0. The van der Waals surface area contributed by atoms with Crippen LogP contribution in [0.25, 0.3) is 10.9 Å². The second-order valence-electron chi connectivity index (χ2n) is 6.83. The molecular weight excluding hydrogens is 360 g/mol. The first kappa shape index (κ1) is 17.8. The number of nitrogens with zero attached hydrogens (tertiary/aromatic N) is 4. The number of hydrogen-bond acceptors (Lipinski definition) is 5. The largest absolute Gasteiger partial charge is 0.339 e. The zero-order valence-corrected chi connectivity index (χ0v) is 15.1. The SMILES string of the molecule is O=C(c1ccc(Cn2cnc3ccc([N+](=O)[O-])cc3c2=O)cc1)N1CCCC1. The van der Waals surface area contributed by atoms with Crippen molar-refractivity contribution < 1.29 is 9.72 Å². The summed E-state index contributed by atoms with van der Waals surface area (Å²) in [5, 5.41) is 11.2. The second kappa shape index (κ2) is 7.22. The molecule has 1 fully saturated rings. The minimum atomic E-state index is -0.535. The van der Waals surface area contributed by atoms with Gasteiger partial charge in [0.25, 0.3) is 17.2 Å². The highest BCUT2D eigenvalue weighted by Crippen LogP contribution is 2.17. The van der Waals surface area contributed by atoms with Crippen molar-refractivity contribution in [3.8, 4) is 0 Å². The van der Waals surface area contributed by atoms with Crippen molar-refractivity contribution in [1.82, 2.24) is 14.5 Å². The first-order chi connectivity index (χ1) is 13.5. The Morgan fingerprint density at radius 1 is 1.11 bits per heavy atom. The molecule has 1 aromatic heterocycles. The molecule has 1 aliphatic heterocycles. The molecule has 0 saturated carbocycles. The third-order valence-corrected chi connectivity index (χ3v) is 4.97. The van der Waals surface area contributed by atoms with E-state index in [2.05, 4.69) is 4.98 Å². The molecule has 4 rings (SSSR count). The molecule has 1 saturated heterocycles. The van der Waals surface area contributed by atoms with Crippen LogP contribution in [0.15, 0.2) is 53.6 Å². The summed E-state index contributed by atoms with van der Waals surface area (Å²) in [6.45, 7) is 1.86. The highest BCUT2D eigenvalue weighted by atomic mass is 16.6. The number of nitro benzene ring substituents is 1. The van der Waals surface area contributed by atoms with Gasteiger partial charge in [-0.25, -0.2) is 4.98 Å². The van der Waals surface area contributed by atoms with E-state index in [1.807, 2.05) is 17.0 Å². The molecular formula is C20H18N4O4. The average Bonchev–Trinajstić information content (AvgIpc) is 3.25. The molecule has 1 aliphatic rings. The smallest absolute Gasteiger partial charge is 0.270 e. The van der Waals surface area contributed by atoms with Gasteiger partial charge < -0.3 is 4.90 Å². The van der Waals surface area contributed by atoms with Gasteiger partial charge in [-0.2, -0.15) is 0 Å². The van der Waals surface area contributed by atoms with Crippen LogP contribution in [-0.2, 0) is 6.54 Å². The van der Waals surface area contributed by atoms with Crippen molar-refractivity contribution >= 4 is 22.5 Å². The minimum absolute atomic E-state index is 0.0286. The molecule has 0 radical (unpaired) electrons. The predicted molar refractivity (Wildman–Crippen MR) is 103 cm³/mol. The van der Waals surface area contributed by atoms with Crippen molar-refractivity contribution in [2.75, 3.05) is 13.1 Å². The van der Waals surface area contributed by atoms with Crippen molar-refractivity contribution in [3.05, 3.63) is 80.4 Å². The molecule has 0 N–H and O–H groups in total. The van der Waals surface area contributed by atoms with E-state index in [0.717, 1.165) is 31.5 Å². The summed E-state index contributed by atoms with van der Waals surface area (Å²) in [6.07, 6.45) is 3.51. The Morgan fingerprint density at radius 3 is 2.50 bits per heavy atom. The fourth-order valence-corrected chi connectivity index (χ4v) is 3.43. The molecule has 1 amide bonds. The Labute approximate surface area is 160 Å². The predicted octanol–water partition coefficient (Wildman–Crippen LogP) is 2.59. The maximum atomic E-state index is 12.7. The Hall–Kier alpha value is -3.55. The van der Waals surface area contributed by atoms with E-state index in [4.69, 9.17) is 0 Å². The third-order valence-electron chi connectivity index (χ3n) is 4.97. The minimum Gasteiger partial charge on any atom is -0.339 e. The van der Waals surface area contributed by atoms with Crippen LogP contribution in [0.3, 0.4) is 0 Å². The number of benzene rings is 2. The van der Waals surface area contributed by atoms with Gasteiger partial charge >= 0.3 is 0 Å². The van der Waals surface area contributed by atoms with E-state index in [-0.39, 0.29) is 29.1 Å². The highest BCUT2D eigenvalue weighted by Gasteiger charge is 2.19. The third kappa shape index (κ3) is 3.36. The number of amides is 1.